The Morgan fingerprint density at radius 3 is 2.62 bits per heavy atom. The number of hydrogen-bond acceptors (Lipinski definition) is 4. The summed E-state index contributed by atoms with van der Waals surface area (Å²) in [6.07, 6.45) is 3.32. The summed E-state index contributed by atoms with van der Waals surface area (Å²) in [6.45, 7) is 6.35. The lowest BCUT2D eigenvalue weighted by Gasteiger charge is -2.47. The fourth-order valence-electron chi connectivity index (χ4n) is 6.13. The first kappa shape index (κ1) is 20.2. The van der Waals surface area contributed by atoms with Gasteiger partial charge in [0.25, 0.3) is 5.56 Å². The topological polar surface area (TPSA) is 45.6 Å². The molecule has 6 heteroatoms. The average Bonchev–Trinajstić information content (AvgIpc) is 3.24. The number of carbonyl (C=O) groups is 1. The summed E-state index contributed by atoms with van der Waals surface area (Å²) >= 11 is 1.71. The number of piperidine rings is 2. The number of amides is 1. The third-order valence-electron chi connectivity index (χ3n) is 7.75. The van der Waals surface area contributed by atoms with Gasteiger partial charge in [0.15, 0.2) is 0 Å². The van der Waals surface area contributed by atoms with Crippen LogP contribution in [0.3, 0.4) is 0 Å². The van der Waals surface area contributed by atoms with Crippen LogP contribution in [-0.4, -0.2) is 52.5 Å². The Balaban J connectivity index is 1.26. The van der Waals surface area contributed by atoms with Crippen molar-refractivity contribution in [3.63, 3.8) is 0 Å². The van der Waals surface area contributed by atoms with E-state index in [1.807, 2.05) is 4.90 Å². The standard InChI is InChI=1S/C26H29N3O2S/c1-17(30)27-10-8-21(9-11-27)28-14-18-12-20(16-28)23-7-6-22(26(31)29(23)15-18)25-13-19-4-2-3-5-24(19)32-25/h2-7,13,18,20-21H,8-12,14-16H2,1H3/t18-,20-/m1/s1. The number of rotatable bonds is 2. The van der Waals surface area contributed by atoms with Crippen LogP contribution in [0.5, 0.6) is 0 Å². The third kappa shape index (κ3) is 3.41. The number of thiophene rings is 1. The van der Waals surface area contributed by atoms with Crippen LogP contribution in [0.4, 0.5) is 0 Å². The van der Waals surface area contributed by atoms with Gasteiger partial charge in [-0.1, -0.05) is 18.2 Å². The molecule has 3 aliphatic heterocycles. The molecule has 1 aromatic carbocycles. The van der Waals surface area contributed by atoms with Gasteiger partial charge in [-0.05, 0) is 54.8 Å². The summed E-state index contributed by atoms with van der Waals surface area (Å²) in [5.41, 5.74) is 2.22. The largest absolute Gasteiger partial charge is 0.343 e. The average molecular weight is 448 g/mol. The third-order valence-corrected chi connectivity index (χ3v) is 8.90. The molecular weight excluding hydrogens is 418 g/mol. The van der Waals surface area contributed by atoms with Gasteiger partial charge in [-0.25, -0.2) is 0 Å². The van der Waals surface area contributed by atoms with E-state index in [1.54, 1.807) is 18.3 Å². The second-order valence-electron chi connectivity index (χ2n) is 9.73. The van der Waals surface area contributed by atoms with E-state index < -0.39 is 0 Å². The molecule has 2 aromatic heterocycles. The van der Waals surface area contributed by atoms with Gasteiger partial charge >= 0.3 is 0 Å². The van der Waals surface area contributed by atoms with Crippen LogP contribution in [0.25, 0.3) is 20.5 Å². The van der Waals surface area contributed by atoms with Crippen molar-refractivity contribution in [2.75, 3.05) is 26.2 Å². The molecule has 0 radical (unpaired) electrons. The van der Waals surface area contributed by atoms with Crippen LogP contribution in [-0.2, 0) is 11.3 Å². The van der Waals surface area contributed by atoms with Crippen molar-refractivity contribution in [3.8, 4) is 10.4 Å². The molecule has 0 spiro atoms. The number of pyridine rings is 1. The molecule has 3 aliphatic rings. The number of nitrogens with zero attached hydrogens (tertiary/aromatic N) is 3. The fraction of sp³-hybridized carbons (Fsp3) is 0.462. The van der Waals surface area contributed by atoms with E-state index in [2.05, 4.69) is 51.9 Å². The lowest BCUT2D eigenvalue weighted by molar-refractivity contribution is -0.130. The minimum atomic E-state index is 0.173. The Morgan fingerprint density at radius 1 is 1.03 bits per heavy atom. The van der Waals surface area contributed by atoms with Crippen LogP contribution >= 0.6 is 11.3 Å². The van der Waals surface area contributed by atoms with E-state index >= 15 is 0 Å². The second kappa shape index (κ2) is 7.85. The zero-order valence-electron chi connectivity index (χ0n) is 18.5. The van der Waals surface area contributed by atoms with Gasteiger partial charge in [0.05, 0.1) is 5.56 Å². The van der Waals surface area contributed by atoms with Crippen LogP contribution < -0.4 is 5.56 Å². The first-order valence-electron chi connectivity index (χ1n) is 11.8. The molecule has 6 rings (SSSR count). The van der Waals surface area contributed by atoms with Gasteiger partial charge < -0.3 is 9.47 Å². The predicted molar refractivity (Wildman–Crippen MR) is 129 cm³/mol. The van der Waals surface area contributed by atoms with Crippen molar-refractivity contribution in [1.82, 2.24) is 14.4 Å². The lowest BCUT2D eigenvalue weighted by atomic mass is 9.81. The SMILES string of the molecule is CC(=O)N1CCC(N2C[C@H]3C[C@H](C2)c2ccc(-c4cc5ccccc5s4)c(=O)n2C3)CC1. The summed E-state index contributed by atoms with van der Waals surface area (Å²) in [7, 11) is 0. The molecule has 0 unspecified atom stereocenters. The van der Waals surface area contributed by atoms with Crippen LogP contribution in [0.1, 0.15) is 37.8 Å². The molecule has 166 valence electrons. The minimum absolute atomic E-state index is 0.173. The molecule has 2 bridgehead atoms. The summed E-state index contributed by atoms with van der Waals surface area (Å²) in [5.74, 6) is 1.15. The summed E-state index contributed by atoms with van der Waals surface area (Å²) in [6, 6.07) is 15.3. The van der Waals surface area contributed by atoms with Crippen molar-refractivity contribution >= 4 is 27.3 Å². The van der Waals surface area contributed by atoms with Crippen LogP contribution in [0.15, 0.2) is 47.3 Å². The highest BCUT2D eigenvalue weighted by atomic mass is 32.1. The Bertz CT molecular complexity index is 1200. The van der Waals surface area contributed by atoms with Gasteiger partial charge in [0.1, 0.15) is 0 Å². The molecule has 3 aromatic rings. The highest BCUT2D eigenvalue weighted by Gasteiger charge is 2.38. The molecular formula is C26H29N3O2S. The molecule has 5 heterocycles. The van der Waals surface area contributed by atoms with Gasteiger partial charge in [0.2, 0.25) is 5.91 Å². The molecule has 1 amide bonds. The Hall–Kier alpha value is -2.44. The van der Waals surface area contributed by atoms with Gasteiger partial charge in [-0.15, -0.1) is 11.3 Å². The van der Waals surface area contributed by atoms with E-state index in [9.17, 15) is 9.59 Å². The molecule has 0 saturated carbocycles. The maximum absolute atomic E-state index is 13.5. The van der Waals surface area contributed by atoms with Crippen molar-refractivity contribution in [2.24, 2.45) is 5.92 Å². The quantitative estimate of drug-likeness (QED) is 0.593. The summed E-state index contributed by atoms with van der Waals surface area (Å²) < 4.78 is 3.31. The first-order valence-corrected chi connectivity index (χ1v) is 12.6. The number of fused-ring (bicyclic) bond motifs is 5. The van der Waals surface area contributed by atoms with Crippen LogP contribution in [0.2, 0.25) is 0 Å². The number of benzene rings is 1. The summed E-state index contributed by atoms with van der Waals surface area (Å²) in [4.78, 5) is 30.9. The smallest absolute Gasteiger partial charge is 0.259 e. The summed E-state index contributed by atoms with van der Waals surface area (Å²) in [5, 5.41) is 1.21. The van der Waals surface area contributed by atoms with E-state index in [1.165, 1.54) is 22.2 Å². The van der Waals surface area contributed by atoms with Crippen molar-refractivity contribution in [1.29, 1.82) is 0 Å². The minimum Gasteiger partial charge on any atom is -0.343 e. The molecule has 0 N–H and O–H groups in total. The van der Waals surface area contributed by atoms with Crippen molar-refractivity contribution < 1.29 is 4.79 Å². The highest BCUT2D eigenvalue weighted by Crippen LogP contribution is 2.38. The molecule has 2 fully saturated rings. The maximum atomic E-state index is 13.5. The van der Waals surface area contributed by atoms with Gasteiger partial charge in [0, 0.05) is 66.9 Å². The van der Waals surface area contributed by atoms with Crippen LogP contribution in [0, 0.1) is 5.92 Å². The first-order chi connectivity index (χ1) is 15.6. The molecule has 0 aliphatic carbocycles. The van der Waals surface area contributed by atoms with E-state index in [4.69, 9.17) is 0 Å². The fourth-order valence-corrected chi connectivity index (χ4v) is 7.21. The van der Waals surface area contributed by atoms with Crippen molar-refractivity contribution in [3.05, 3.63) is 58.5 Å². The maximum Gasteiger partial charge on any atom is 0.259 e. The second-order valence-corrected chi connectivity index (χ2v) is 10.8. The molecule has 32 heavy (non-hydrogen) atoms. The lowest BCUT2D eigenvalue weighted by Crippen LogP contribution is -2.53. The van der Waals surface area contributed by atoms with E-state index in [0.29, 0.717) is 17.9 Å². The number of carbonyl (C=O) groups excluding carboxylic acids is 1. The number of hydrogen-bond donors (Lipinski definition) is 0. The zero-order valence-corrected chi connectivity index (χ0v) is 19.3. The van der Waals surface area contributed by atoms with Crippen molar-refractivity contribution in [2.45, 2.75) is 44.7 Å². The zero-order chi connectivity index (χ0) is 21.8. The molecule has 2 saturated heterocycles. The monoisotopic (exact) mass is 447 g/mol. The predicted octanol–water partition coefficient (Wildman–Crippen LogP) is 4.16. The molecule has 2 atom stereocenters. The Morgan fingerprint density at radius 2 is 1.84 bits per heavy atom. The highest BCUT2D eigenvalue weighted by molar-refractivity contribution is 7.22. The van der Waals surface area contributed by atoms with Gasteiger partial charge in [-0.3, -0.25) is 14.5 Å². The van der Waals surface area contributed by atoms with E-state index in [-0.39, 0.29) is 11.5 Å². The Labute approximate surface area is 192 Å². The van der Waals surface area contributed by atoms with E-state index in [0.717, 1.165) is 56.0 Å². The van der Waals surface area contributed by atoms with Gasteiger partial charge in [-0.2, -0.15) is 0 Å². The molecule has 5 nitrogen and oxygen atoms in total. The number of likely N-dealkylation sites (tertiary alicyclic amines) is 2. The normalized spacial score (nSPS) is 24.0. The Kier molecular flexibility index (Phi) is 4.95. The number of aromatic nitrogens is 1.